The molecule has 0 heterocycles. The Morgan fingerprint density at radius 1 is 1.50 bits per heavy atom. The van der Waals surface area contributed by atoms with Gasteiger partial charge in [0.2, 0.25) is 0 Å². The van der Waals surface area contributed by atoms with Crippen molar-refractivity contribution in [2.24, 2.45) is 5.41 Å². The number of benzene rings is 1. The molecule has 2 rings (SSSR count). The van der Waals surface area contributed by atoms with Gasteiger partial charge in [0.15, 0.2) is 0 Å². The molecular formula is C13H15Cl2F. The number of alkyl halides is 1. The van der Waals surface area contributed by atoms with Gasteiger partial charge in [0.05, 0.1) is 5.02 Å². The highest BCUT2D eigenvalue weighted by Gasteiger charge is 2.34. The van der Waals surface area contributed by atoms with Crippen molar-refractivity contribution in [3.05, 3.63) is 34.6 Å². The van der Waals surface area contributed by atoms with E-state index in [1.165, 1.54) is 6.07 Å². The van der Waals surface area contributed by atoms with Crippen LogP contribution in [0.5, 0.6) is 0 Å². The molecular weight excluding hydrogens is 246 g/mol. The van der Waals surface area contributed by atoms with Crippen molar-refractivity contribution in [2.75, 3.05) is 0 Å². The van der Waals surface area contributed by atoms with Crippen LogP contribution in [-0.4, -0.2) is 5.38 Å². The third kappa shape index (κ3) is 2.52. The van der Waals surface area contributed by atoms with Gasteiger partial charge >= 0.3 is 0 Å². The van der Waals surface area contributed by atoms with E-state index < -0.39 is 0 Å². The molecule has 2 unspecified atom stereocenters. The van der Waals surface area contributed by atoms with Gasteiger partial charge in [-0.15, -0.1) is 11.6 Å². The summed E-state index contributed by atoms with van der Waals surface area (Å²) in [6.45, 7) is 2.20. The Hall–Kier alpha value is -0.270. The molecule has 0 aromatic heterocycles. The van der Waals surface area contributed by atoms with Gasteiger partial charge in [0.1, 0.15) is 5.82 Å². The maximum Gasteiger partial charge on any atom is 0.142 e. The molecule has 0 radical (unpaired) electrons. The van der Waals surface area contributed by atoms with Gasteiger partial charge in [-0.05, 0) is 42.7 Å². The van der Waals surface area contributed by atoms with Gasteiger partial charge in [-0.3, -0.25) is 0 Å². The molecule has 1 aromatic rings. The first-order chi connectivity index (χ1) is 7.50. The van der Waals surface area contributed by atoms with Crippen LogP contribution in [0.4, 0.5) is 4.39 Å². The van der Waals surface area contributed by atoms with Crippen molar-refractivity contribution in [1.82, 2.24) is 0 Å². The average Bonchev–Trinajstić information content (AvgIpc) is 2.54. The molecule has 0 aliphatic heterocycles. The van der Waals surface area contributed by atoms with Gasteiger partial charge in [-0.25, -0.2) is 4.39 Å². The lowest BCUT2D eigenvalue weighted by Gasteiger charge is -2.24. The minimum Gasteiger partial charge on any atom is -0.205 e. The van der Waals surface area contributed by atoms with E-state index in [9.17, 15) is 4.39 Å². The Morgan fingerprint density at radius 3 is 2.88 bits per heavy atom. The van der Waals surface area contributed by atoms with E-state index in [0.717, 1.165) is 31.2 Å². The fourth-order valence-electron chi connectivity index (χ4n) is 2.55. The third-order valence-corrected chi connectivity index (χ3v) is 4.22. The molecule has 1 aromatic carbocycles. The van der Waals surface area contributed by atoms with E-state index in [4.69, 9.17) is 23.2 Å². The Labute approximate surface area is 106 Å². The summed E-state index contributed by atoms with van der Waals surface area (Å²) in [5, 5.41) is 0.527. The molecule has 0 saturated heterocycles. The first kappa shape index (κ1) is 12.2. The summed E-state index contributed by atoms with van der Waals surface area (Å²) in [6, 6.07) is 5.01. The van der Waals surface area contributed by atoms with Crippen LogP contribution in [0.25, 0.3) is 0 Å². The second-order valence-electron chi connectivity index (χ2n) is 5.04. The molecule has 3 heteroatoms. The monoisotopic (exact) mass is 260 g/mol. The predicted molar refractivity (Wildman–Crippen MR) is 66.7 cm³/mol. The second-order valence-corrected chi connectivity index (χ2v) is 6.04. The van der Waals surface area contributed by atoms with Crippen LogP contribution in [0.15, 0.2) is 18.2 Å². The zero-order valence-electron chi connectivity index (χ0n) is 9.27. The smallest absolute Gasteiger partial charge is 0.142 e. The molecule has 0 bridgehead atoms. The summed E-state index contributed by atoms with van der Waals surface area (Å²) >= 11 is 12.1. The van der Waals surface area contributed by atoms with Gasteiger partial charge in [0.25, 0.3) is 0 Å². The van der Waals surface area contributed by atoms with Crippen LogP contribution >= 0.6 is 23.2 Å². The Kier molecular flexibility index (Phi) is 3.46. The summed E-state index contributed by atoms with van der Waals surface area (Å²) in [6.07, 6.45) is 3.94. The summed E-state index contributed by atoms with van der Waals surface area (Å²) in [7, 11) is 0. The molecule has 88 valence electrons. The molecule has 0 spiro atoms. The molecule has 0 nitrogen and oxygen atoms in total. The molecule has 1 fully saturated rings. The Balaban J connectivity index is 2.18. The predicted octanol–water partition coefficient (Wildman–Crippen LogP) is 4.82. The Bertz CT molecular complexity index is 392. The van der Waals surface area contributed by atoms with Gasteiger partial charge in [0, 0.05) is 5.38 Å². The maximum absolute atomic E-state index is 13.3. The summed E-state index contributed by atoms with van der Waals surface area (Å²) < 4.78 is 13.3. The van der Waals surface area contributed by atoms with Crippen molar-refractivity contribution in [1.29, 1.82) is 0 Å². The summed E-state index contributed by atoms with van der Waals surface area (Å²) in [5.41, 5.74) is 1.07. The third-order valence-electron chi connectivity index (χ3n) is 3.42. The minimum atomic E-state index is -0.330. The Morgan fingerprint density at radius 2 is 2.25 bits per heavy atom. The number of hydrogen-bond acceptors (Lipinski definition) is 0. The first-order valence-corrected chi connectivity index (χ1v) is 6.39. The van der Waals surface area contributed by atoms with Gasteiger partial charge in [-0.2, -0.15) is 0 Å². The molecule has 0 N–H and O–H groups in total. The molecule has 0 amide bonds. The highest BCUT2D eigenvalue weighted by molar-refractivity contribution is 6.31. The van der Waals surface area contributed by atoms with Crippen LogP contribution in [-0.2, 0) is 6.42 Å². The topological polar surface area (TPSA) is 0 Å². The maximum atomic E-state index is 13.3. The van der Waals surface area contributed by atoms with Crippen molar-refractivity contribution in [3.8, 4) is 0 Å². The number of rotatable bonds is 2. The van der Waals surface area contributed by atoms with Crippen molar-refractivity contribution < 1.29 is 4.39 Å². The molecule has 16 heavy (non-hydrogen) atoms. The first-order valence-electron chi connectivity index (χ1n) is 5.57. The fourth-order valence-corrected chi connectivity index (χ4v) is 3.22. The SMILES string of the molecule is CC1(Cc2cccc(F)c2Cl)CCC(Cl)C1. The highest BCUT2D eigenvalue weighted by Crippen LogP contribution is 2.43. The standard InChI is InChI=1S/C13H15Cl2F/c1-13(6-5-10(14)8-13)7-9-3-2-4-11(16)12(9)15/h2-4,10H,5-8H2,1H3. The highest BCUT2D eigenvalue weighted by atomic mass is 35.5. The zero-order valence-corrected chi connectivity index (χ0v) is 10.8. The normalized spacial score (nSPS) is 29.6. The van der Waals surface area contributed by atoms with Crippen molar-refractivity contribution in [3.63, 3.8) is 0 Å². The zero-order chi connectivity index (χ0) is 11.8. The lowest BCUT2D eigenvalue weighted by Crippen LogP contribution is -2.16. The van der Waals surface area contributed by atoms with E-state index in [2.05, 4.69) is 6.92 Å². The van der Waals surface area contributed by atoms with E-state index in [1.54, 1.807) is 6.07 Å². The van der Waals surface area contributed by atoms with Crippen LogP contribution in [0.1, 0.15) is 31.7 Å². The van der Waals surface area contributed by atoms with E-state index in [0.29, 0.717) is 0 Å². The summed E-state index contributed by atoms with van der Waals surface area (Å²) in [5.74, 6) is -0.330. The van der Waals surface area contributed by atoms with Crippen LogP contribution in [0.2, 0.25) is 5.02 Å². The number of hydrogen-bond donors (Lipinski definition) is 0. The summed E-state index contributed by atoms with van der Waals surface area (Å²) in [4.78, 5) is 0. The van der Waals surface area contributed by atoms with Crippen LogP contribution < -0.4 is 0 Å². The lowest BCUT2D eigenvalue weighted by molar-refractivity contribution is 0.335. The minimum absolute atomic E-state index is 0.170. The van der Waals surface area contributed by atoms with Crippen molar-refractivity contribution in [2.45, 2.75) is 38.0 Å². The van der Waals surface area contributed by atoms with E-state index >= 15 is 0 Å². The van der Waals surface area contributed by atoms with Crippen LogP contribution in [0, 0.1) is 11.2 Å². The second kappa shape index (κ2) is 4.54. The lowest BCUT2D eigenvalue weighted by atomic mass is 9.82. The van der Waals surface area contributed by atoms with E-state index in [1.807, 2.05) is 6.07 Å². The number of halogens is 3. The van der Waals surface area contributed by atoms with Crippen LogP contribution in [0.3, 0.4) is 0 Å². The average molecular weight is 261 g/mol. The fraction of sp³-hybridized carbons (Fsp3) is 0.538. The van der Waals surface area contributed by atoms with Gasteiger partial charge in [-0.1, -0.05) is 30.7 Å². The van der Waals surface area contributed by atoms with E-state index in [-0.39, 0.29) is 21.6 Å². The molecule has 1 aliphatic rings. The molecule has 1 aliphatic carbocycles. The largest absolute Gasteiger partial charge is 0.205 e. The quantitative estimate of drug-likeness (QED) is 0.669. The molecule has 2 atom stereocenters. The van der Waals surface area contributed by atoms with Gasteiger partial charge < -0.3 is 0 Å². The molecule has 1 saturated carbocycles. The van der Waals surface area contributed by atoms with Crippen molar-refractivity contribution >= 4 is 23.2 Å².